The molecule has 2 N–H and O–H groups in total. The molecule has 0 unspecified atom stereocenters. The van der Waals surface area contributed by atoms with E-state index >= 15 is 0 Å². The van der Waals surface area contributed by atoms with Crippen LogP contribution in [0.4, 0.5) is 0 Å². The third-order valence-corrected chi connectivity index (χ3v) is 4.72. The molecule has 13 heteroatoms. The molecule has 5 atom stereocenters. The lowest BCUT2D eigenvalue weighted by molar-refractivity contribution is -0.257. The number of carbonyl (C=O) groups is 5. The van der Waals surface area contributed by atoms with Crippen molar-refractivity contribution < 1.29 is 57.5 Å². The molecule has 2 rings (SSSR count). The average Bonchev–Trinajstić information content (AvgIpc) is 2.75. The summed E-state index contributed by atoms with van der Waals surface area (Å²) in [5.41, 5.74) is -0.0716. The normalized spacial score (nSPS) is 23.4. The van der Waals surface area contributed by atoms with Crippen LogP contribution in [0.15, 0.2) is 18.2 Å². The Morgan fingerprint density at radius 1 is 0.943 bits per heavy atom. The van der Waals surface area contributed by atoms with Gasteiger partial charge in [-0.1, -0.05) is 0 Å². The fraction of sp³-hybridized carbons (Fsp3) is 0.500. The summed E-state index contributed by atoms with van der Waals surface area (Å²) in [5.74, 6) is -3.80. The number of hydrogen-bond acceptors (Lipinski definition) is 11. The average molecular weight is 497 g/mol. The zero-order valence-corrected chi connectivity index (χ0v) is 19.8. The summed E-state index contributed by atoms with van der Waals surface area (Å²) >= 11 is 0. The number of methoxy groups -OCH3 is 1. The first-order valence-electron chi connectivity index (χ1n) is 10.4. The SMILES string of the molecule is COc1cc(C(=O)O)ccc1O[C@H]1O[C@@H](COC(C)=O)[C@@H](OC(C)=O)[C@H](OC(C)=O)[C@@H]1NC(C)=O. The Labute approximate surface area is 200 Å². The number of nitrogens with one attached hydrogen (secondary N) is 1. The van der Waals surface area contributed by atoms with Gasteiger partial charge in [-0.2, -0.15) is 0 Å². The highest BCUT2D eigenvalue weighted by molar-refractivity contribution is 5.88. The maximum Gasteiger partial charge on any atom is 0.335 e. The number of ether oxygens (including phenoxy) is 6. The number of carbonyl (C=O) groups excluding carboxylic acids is 4. The monoisotopic (exact) mass is 497 g/mol. The Kier molecular flexibility index (Phi) is 9.40. The van der Waals surface area contributed by atoms with Crippen molar-refractivity contribution in [1.82, 2.24) is 5.32 Å². The first-order chi connectivity index (χ1) is 16.4. The zero-order chi connectivity index (χ0) is 26.3. The molecule has 1 aliphatic heterocycles. The Hall–Kier alpha value is -3.87. The second-order valence-electron chi connectivity index (χ2n) is 7.51. The van der Waals surface area contributed by atoms with Crippen molar-refractivity contribution in [3.05, 3.63) is 23.8 Å². The predicted molar refractivity (Wildman–Crippen MR) is 115 cm³/mol. The van der Waals surface area contributed by atoms with Crippen LogP contribution in [0.25, 0.3) is 0 Å². The van der Waals surface area contributed by atoms with Crippen LogP contribution in [0.3, 0.4) is 0 Å². The van der Waals surface area contributed by atoms with Gasteiger partial charge < -0.3 is 38.8 Å². The molecule has 1 aromatic rings. The summed E-state index contributed by atoms with van der Waals surface area (Å²) < 4.78 is 32.7. The fourth-order valence-corrected chi connectivity index (χ4v) is 3.41. The molecular weight excluding hydrogens is 470 g/mol. The molecule has 1 heterocycles. The molecular formula is C22H27NO12. The van der Waals surface area contributed by atoms with Gasteiger partial charge in [-0.05, 0) is 18.2 Å². The first-order valence-corrected chi connectivity index (χ1v) is 10.4. The van der Waals surface area contributed by atoms with E-state index in [4.69, 9.17) is 28.4 Å². The Balaban J connectivity index is 2.52. The van der Waals surface area contributed by atoms with E-state index in [1.54, 1.807) is 0 Å². The molecule has 0 radical (unpaired) electrons. The summed E-state index contributed by atoms with van der Waals surface area (Å²) in [6.07, 6.45) is -5.11. The molecule has 13 nitrogen and oxygen atoms in total. The maximum absolute atomic E-state index is 12.0. The van der Waals surface area contributed by atoms with E-state index in [-0.39, 0.29) is 17.1 Å². The largest absolute Gasteiger partial charge is 0.493 e. The highest BCUT2D eigenvalue weighted by atomic mass is 16.7. The van der Waals surface area contributed by atoms with Crippen LogP contribution in [0, 0.1) is 0 Å². The molecule has 1 aliphatic rings. The number of aromatic carboxylic acids is 1. The lowest BCUT2D eigenvalue weighted by atomic mass is 9.96. The maximum atomic E-state index is 12.0. The quantitative estimate of drug-likeness (QED) is 0.356. The van der Waals surface area contributed by atoms with Gasteiger partial charge >= 0.3 is 23.9 Å². The van der Waals surface area contributed by atoms with Crippen LogP contribution in [0.5, 0.6) is 11.5 Å². The number of hydrogen-bond donors (Lipinski definition) is 2. The van der Waals surface area contributed by atoms with Crippen LogP contribution in [-0.4, -0.2) is 79.3 Å². The summed E-state index contributed by atoms with van der Waals surface area (Å²) in [7, 11) is 1.29. The van der Waals surface area contributed by atoms with E-state index < -0.39 is 67.0 Å². The molecule has 192 valence electrons. The van der Waals surface area contributed by atoms with Crippen molar-refractivity contribution in [3.63, 3.8) is 0 Å². The fourth-order valence-electron chi connectivity index (χ4n) is 3.41. The number of carboxylic acids is 1. The number of benzene rings is 1. The standard InChI is InChI=1S/C22H27NO12/c1-10(24)23-18-20(33-13(4)27)19(32-12(3)26)17(9-31-11(2)25)35-22(18)34-15-7-6-14(21(28)29)8-16(15)30-5/h6-8,17-20,22H,9H2,1-5H3,(H,23,24)(H,28,29)/t17-,18-,19+,20+,22-/m0/s1. The number of esters is 3. The van der Waals surface area contributed by atoms with Gasteiger partial charge in [0.05, 0.1) is 12.7 Å². The van der Waals surface area contributed by atoms with Gasteiger partial charge in [0.25, 0.3) is 0 Å². The van der Waals surface area contributed by atoms with Crippen LogP contribution >= 0.6 is 0 Å². The van der Waals surface area contributed by atoms with Crippen molar-refractivity contribution in [2.24, 2.45) is 0 Å². The van der Waals surface area contributed by atoms with Gasteiger partial charge in [-0.25, -0.2) is 4.79 Å². The molecule has 1 amide bonds. The van der Waals surface area contributed by atoms with E-state index in [9.17, 15) is 29.1 Å². The van der Waals surface area contributed by atoms with E-state index in [1.165, 1.54) is 32.2 Å². The lowest BCUT2D eigenvalue weighted by Crippen LogP contribution is -2.67. The minimum absolute atomic E-state index is 0.0385. The molecule has 1 fully saturated rings. The van der Waals surface area contributed by atoms with Gasteiger partial charge in [0.2, 0.25) is 12.2 Å². The van der Waals surface area contributed by atoms with E-state index in [0.717, 1.165) is 20.8 Å². The van der Waals surface area contributed by atoms with Crippen LogP contribution in [0.1, 0.15) is 38.1 Å². The molecule has 35 heavy (non-hydrogen) atoms. The summed E-state index contributed by atoms with van der Waals surface area (Å²) in [6, 6.07) is 2.60. The van der Waals surface area contributed by atoms with Gasteiger partial charge in [0, 0.05) is 27.7 Å². The number of amides is 1. The van der Waals surface area contributed by atoms with Crippen molar-refractivity contribution in [3.8, 4) is 11.5 Å². The third-order valence-electron chi connectivity index (χ3n) is 4.72. The molecule has 0 aliphatic carbocycles. The molecule has 0 saturated carbocycles. The van der Waals surface area contributed by atoms with Crippen molar-refractivity contribution in [1.29, 1.82) is 0 Å². The molecule has 1 saturated heterocycles. The second-order valence-corrected chi connectivity index (χ2v) is 7.51. The van der Waals surface area contributed by atoms with Crippen molar-refractivity contribution in [2.75, 3.05) is 13.7 Å². The predicted octanol–water partition coefficient (Wildman–Crippen LogP) is 0.428. The van der Waals surface area contributed by atoms with Crippen LogP contribution in [0.2, 0.25) is 0 Å². The molecule has 0 aromatic heterocycles. The minimum atomic E-state index is -1.37. The minimum Gasteiger partial charge on any atom is -0.493 e. The highest BCUT2D eigenvalue weighted by Crippen LogP contribution is 2.33. The molecule has 1 aromatic carbocycles. The third kappa shape index (κ3) is 7.57. The lowest BCUT2D eigenvalue weighted by Gasteiger charge is -2.44. The highest BCUT2D eigenvalue weighted by Gasteiger charge is 2.52. The Morgan fingerprint density at radius 3 is 2.09 bits per heavy atom. The van der Waals surface area contributed by atoms with Gasteiger partial charge in [0.15, 0.2) is 23.7 Å². The van der Waals surface area contributed by atoms with E-state index in [2.05, 4.69) is 5.32 Å². The van der Waals surface area contributed by atoms with Crippen LogP contribution < -0.4 is 14.8 Å². The van der Waals surface area contributed by atoms with E-state index in [0.29, 0.717) is 0 Å². The smallest absolute Gasteiger partial charge is 0.335 e. The Morgan fingerprint density at radius 2 is 1.57 bits per heavy atom. The van der Waals surface area contributed by atoms with Gasteiger partial charge in [-0.3, -0.25) is 19.2 Å². The topological polar surface area (TPSA) is 173 Å². The van der Waals surface area contributed by atoms with Crippen molar-refractivity contribution >= 4 is 29.8 Å². The number of rotatable bonds is 9. The summed E-state index contributed by atoms with van der Waals surface area (Å²) in [4.78, 5) is 58.4. The van der Waals surface area contributed by atoms with Gasteiger partial charge in [-0.15, -0.1) is 0 Å². The van der Waals surface area contributed by atoms with Gasteiger partial charge in [0.1, 0.15) is 18.8 Å². The summed E-state index contributed by atoms with van der Waals surface area (Å²) in [6.45, 7) is 4.22. The summed E-state index contributed by atoms with van der Waals surface area (Å²) in [5, 5.41) is 11.8. The first kappa shape index (κ1) is 27.4. The van der Waals surface area contributed by atoms with Crippen molar-refractivity contribution in [2.45, 2.75) is 58.3 Å². The second kappa shape index (κ2) is 12.0. The van der Waals surface area contributed by atoms with Crippen LogP contribution in [-0.2, 0) is 38.1 Å². The zero-order valence-electron chi connectivity index (χ0n) is 19.8. The number of carboxylic acid groups (broad SMARTS) is 1. The molecule has 0 spiro atoms. The Bertz CT molecular complexity index is 977. The van der Waals surface area contributed by atoms with E-state index in [1.807, 2.05) is 0 Å². The molecule has 0 bridgehead atoms.